The molecule has 19 heavy (non-hydrogen) atoms. The van der Waals surface area contributed by atoms with E-state index in [1.807, 2.05) is 6.20 Å². The second-order valence-corrected chi connectivity index (χ2v) is 7.52. The molecule has 1 N–H and O–H groups in total. The zero-order valence-electron chi connectivity index (χ0n) is 12.3. The predicted octanol–water partition coefficient (Wildman–Crippen LogP) is 3.23. The van der Waals surface area contributed by atoms with E-state index in [4.69, 9.17) is 0 Å². The van der Waals surface area contributed by atoms with Gasteiger partial charge in [0.15, 0.2) is 0 Å². The average molecular weight is 279 g/mol. The van der Waals surface area contributed by atoms with E-state index in [1.165, 1.54) is 30.8 Å². The van der Waals surface area contributed by atoms with Gasteiger partial charge in [0.2, 0.25) is 0 Å². The van der Waals surface area contributed by atoms with E-state index >= 15 is 0 Å². The van der Waals surface area contributed by atoms with Crippen LogP contribution in [0, 0.1) is 0 Å². The van der Waals surface area contributed by atoms with Gasteiger partial charge in [-0.2, -0.15) is 11.8 Å². The molecule has 1 aromatic rings. The lowest BCUT2D eigenvalue weighted by Gasteiger charge is -2.22. The van der Waals surface area contributed by atoms with Gasteiger partial charge in [-0.3, -0.25) is 4.90 Å². The van der Waals surface area contributed by atoms with E-state index in [-0.39, 0.29) is 0 Å². The summed E-state index contributed by atoms with van der Waals surface area (Å²) in [5.74, 6) is 2.20. The Morgan fingerprint density at radius 3 is 2.89 bits per heavy atom. The summed E-state index contributed by atoms with van der Waals surface area (Å²) in [6.45, 7) is 11.1. The molecule has 1 aliphatic rings. The third-order valence-corrected chi connectivity index (χ3v) is 4.89. The third-order valence-electron chi connectivity index (χ3n) is 3.52. The molecule has 0 amide bonds. The summed E-state index contributed by atoms with van der Waals surface area (Å²) in [6.07, 6.45) is 3.27. The van der Waals surface area contributed by atoms with E-state index in [2.05, 4.69) is 59.9 Å². The highest BCUT2D eigenvalue weighted by molar-refractivity contribution is 8.00. The Morgan fingerprint density at radius 2 is 2.21 bits per heavy atom. The van der Waals surface area contributed by atoms with E-state index in [9.17, 15) is 0 Å². The van der Waals surface area contributed by atoms with Crippen molar-refractivity contribution in [3.05, 3.63) is 23.9 Å². The minimum Gasteiger partial charge on any atom is -0.370 e. The van der Waals surface area contributed by atoms with E-state index in [0.717, 1.165) is 18.9 Å². The van der Waals surface area contributed by atoms with Crippen molar-refractivity contribution in [2.45, 2.75) is 38.5 Å². The van der Waals surface area contributed by atoms with Crippen molar-refractivity contribution < 1.29 is 0 Å². The molecule has 1 fully saturated rings. The first kappa shape index (κ1) is 14.7. The predicted molar refractivity (Wildman–Crippen MR) is 84.8 cm³/mol. The summed E-state index contributed by atoms with van der Waals surface area (Å²) >= 11 is 2.10. The molecule has 0 bridgehead atoms. The molecular formula is C15H25N3S. The van der Waals surface area contributed by atoms with Gasteiger partial charge in [-0.25, -0.2) is 4.98 Å². The molecule has 0 aromatic carbocycles. The molecule has 1 saturated heterocycles. The lowest BCUT2D eigenvalue weighted by molar-refractivity contribution is 0.276. The van der Waals surface area contributed by atoms with Gasteiger partial charge < -0.3 is 5.32 Å². The highest BCUT2D eigenvalue weighted by Crippen LogP contribution is 2.30. The van der Waals surface area contributed by atoms with Gasteiger partial charge in [-0.15, -0.1) is 0 Å². The van der Waals surface area contributed by atoms with Gasteiger partial charge in [-0.1, -0.05) is 19.9 Å². The van der Waals surface area contributed by atoms with Crippen LogP contribution in [-0.2, 0) is 6.54 Å². The molecule has 0 atom stereocenters. The minimum atomic E-state index is 0.432. The molecular weight excluding hydrogens is 254 g/mol. The van der Waals surface area contributed by atoms with Gasteiger partial charge in [0.05, 0.1) is 0 Å². The molecule has 0 saturated carbocycles. The summed E-state index contributed by atoms with van der Waals surface area (Å²) < 4.78 is 0.432. The van der Waals surface area contributed by atoms with Crippen LogP contribution >= 0.6 is 11.8 Å². The summed E-state index contributed by atoms with van der Waals surface area (Å²) in [6, 6.07) is 4.27. The number of nitrogens with zero attached hydrogens (tertiary/aromatic N) is 2. The Balaban J connectivity index is 1.90. The van der Waals surface area contributed by atoms with Gasteiger partial charge in [0, 0.05) is 36.3 Å². The normalized spacial score (nSPS) is 19.9. The second kappa shape index (κ2) is 6.62. The van der Waals surface area contributed by atoms with Crippen molar-refractivity contribution in [3.8, 4) is 0 Å². The maximum Gasteiger partial charge on any atom is 0.125 e. The van der Waals surface area contributed by atoms with E-state index < -0.39 is 0 Å². The molecule has 2 heterocycles. The van der Waals surface area contributed by atoms with Crippen molar-refractivity contribution in [1.29, 1.82) is 0 Å². The summed E-state index contributed by atoms with van der Waals surface area (Å²) in [4.78, 5) is 6.99. The summed E-state index contributed by atoms with van der Waals surface area (Å²) in [5, 5.41) is 3.23. The topological polar surface area (TPSA) is 28.2 Å². The fourth-order valence-corrected chi connectivity index (χ4v) is 3.42. The number of aromatic nitrogens is 1. The monoisotopic (exact) mass is 279 g/mol. The zero-order valence-corrected chi connectivity index (χ0v) is 13.1. The smallest absolute Gasteiger partial charge is 0.125 e. The van der Waals surface area contributed by atoms with Crippen LogP contribution in [0.5, 0.6) is 0 Å². The van der Waals surface area contributed by atoms with Crippen molar-refractivity contribution in [3.63, 3.8) is 0 Å². The first-order chi connectivity index (χ1) is 9.09. The van der Waals surface area contributed by atoms with Crippen molar-refractivity contribution in [1.82, 2.24) is 9.88 Å². The first-order valence-electron chi connectivity index (χ1n) is 7.14. The fraction of sp³-hybridized carbons (Fsp3) is 0.667. The van der Waals surface area contributed by atoms with Crippen LogP contribution in [-0.4, -0.2) is 40.0 Å². The molecule has 4 heteroatoms. The standard InChI is InChI=1S/C15H25N3S/c1-4-16-14-6-5-13(11-17-14)12-18-8-7-15(2,3)19-10-9-18/h5-6,11H,4,7-10,12H2,1-3H3,(H,16,17). The van der Waals surface area contributed by atoms with Crippen LogP contribution in [0.1, 0.15) is 32.8 Å². The second-order valence-electron chi connectivity index (χ2n) is 5.72. The molecule has 106 valence electrons. The zero-order chi connectivity index (χ0) is 13.7. The molecule has 0 radical (unpaired) electrons. The molecule has 0 aliphatic carbocycles. The van der Waals surface area contributed by atoms with Gasteiger partial charge >= 0.3 is 0 Å². The number of hydrogen-bond acceptors (Lipinski definition) is 4. The lowest BCUT2D eigenvalue weighted by Crippen LogP contribution is -2.26. The van der Waals surface area contributed by atoms with Crippen LogP contribution in [0.3, 0.4) is 0 Å². The van der Waals surface area contributed by atoms with Crippen LogP contribution in [0.25, 0.3) is 0 Å². The number of thioether (sulfide) groups is 1. The van der Waals surface area contributed by atoms with Crippen molar-refractivity contribution in [2.24, 2.45) is 0 Å². The molecule has 1 aromatic heterocycles. The quantitative estimate of drug-likeness (QED) is 0.916. The Labute approximate surface area is 121 Å². The Morgan fingerprint density at radius 1 is 1.37 bits per heavy atom. The van der Waals surface area contributed by atoms with Gasteiger partial charge in [-0.05, 0) is 31.5 Å². The fourth-order valence-electron chi connectivity index (χ4n) is 2.28. The molecule has 0 spiro atoms. The van der Waals surface area contributed by atoms with Crippen molar-refractivity contribution in [2.75, 3.05) is 30.7 Å². The third kappa shape index (κ3) is 4.69. The highest BCUT2D eigenvalue weighted by Gasteiger charge is 2.23. The molecule has 0 unspecified atom stereocenters. The van der Waals surface area contributed by atoms with Crippen LogP contribution in [0.2, 0.25) is 0 Å². The first-order valence-corrected chi connectivity index (χ1v) is 8.13. The summed E-state index contributed by atoms with van der Waals surface area (Å²) in [7, 11) is 0. The Kier molecular flexibility index (Phi) is 5.11. The number of anilines is 1. The average Bonchev–Trinajstić information content (AvgIpc) is 2.54. The van der Waals surface area contributed by atoms with Crippen LogP contribution in [0.4, 0.5) is 5.82 Å². The van der Waals surface area contributed by atoms with Crippen LogP contribution in [0.15, 0.2) is 18.3 Å². The summed E-state index contributed by atoms with van der Waals surface area (Å²) in [5.41, 5.74) is 1.31. The number of pyridine rings is 1. The minimum absolute atomic E-state index is 0.432. The molecule has 1 aliphatic heterocycles. The van der Waals surface area contributed by atoms with Gasteiger partial charge in [0.1, 0.15) is 5.82 Å². The molecule has 3 nitrogen and oxygen atoms in total. The van der Waals surface area contributed by atoms with E-state index in [1.54, 1.807) is 0 Å². The van der Waals surface area contributed by atoms with Crippen molar-refractivity contribution >= 4 is 17.6 Å². The lowest BCUT2D eigenvalue weighted by atomic mass is 10.1. The van der Waals surface area contributed by atoms with E-state index in [0.29, 0.717) is 4.75 Å². The van der Waals surface area contributed by atoms with Crippen LogP contribution < -0.4 is 5.32 Å². The maximum absolute atomic E-state index is 4.44. The van der Waals surface area contributed by atoms with Gasteiger partial charge in [0.25, 0.3) is 0 Å². The number of rotatable bonds is 4. The Hall–Kier alpha value is -0.740. The number of hydrogen-bond donors (Lipinski definition) is 1. The molecule has 2 rings (SSSR count). The Bertz CT molecular complexity index is 389. The SMILES string of the molecule is CCNc1ccc(CN2CCSC(C)(C)CC2)cn1. The maximum atomic E-state index is 4.44. The highest BCUT2D eigenvalue weighted by atomic mass is 32.2. The number of nitrogens with one attached hydrogen (secondary N) is 1. The largest absolute Gasteiger partial charge is 0.370 e.